The number of hydrogen-bond acceptors (Lipinski definition) is 6. The van der Waals surface area contributed by atoms with E-state index in [1.54, 1.807) is 12.1 Å². The lowest BCUT2D eigenvalue weighted by Gasteiger charge is -2.34. The van der Waals surface area contributed by atoms with Crippen LogP contribution in [-0.4, -0.2) is 56.0 Å². The highest BCUT2D eigenvalue weighted by molar-refractivity contribution is 7.89. The van der Waals surface area contributed by atoms with Gasteiger partial charge in [-0.3, -0.25) is 4.79 Å². The van der Waals surface area contributed by atoms with Gasteiger partial charge in [-0.15, -0.1) is 0 Å². The number of aromatic nitrogens is 1. The molecule has 9 heteroatoms. The molecule has 0 aliphatic carbocycles. The molecule has 2 aromatic rings. The fourth-order valence-electron chi connectivity index (χ4n) is 3.03. The van der Waals surface area contributed by atoms with Crippen LogP contribution in [0.1, 0.15) is 24.2 Å². The first kappa shape index (κ1) is 20.2. The molecule has 150 valence electrons. The number of hydrogen-bond donors (Lipinski definition) is 1. The van der Waals surface area contributed by atoms with Crippen LogP contribution in [0, 0.1) is 0 Å². The Morgan fingerprint density at radius 3 is 2.32 bits per heavy atom. The van der Waals surface area contributed by atoms with E-state index in [-0.39, 0.29) is 23.0 Å². The normalized spacial score (nSPS) is 20.5. The number of nitrogens with one attached hydrogen (secondary N) is 1. The van der Waals surface area contributed by atoms with E-state index in [4.69, 9.17) is 9.47 Å². The molecule has 1 saturated heterocycles. The molecular weight excluding hydrogens is 382 g/mol. The van der Waals surface area contributed by atoms with E-state index >= 15 is 0 Å². The number of nitrogens with zero attached hydrogens (tertiary/aromatic N) is 2. The number of benzene rings is 1. The molecule has 1 aromatic carbocycles. The fraction of sp³-hybridized carbons (Fsp3) is 0.368. The summed E-state index contributed by atoms with van der Waals surface area (Å²) >= 11 is 0. The Bertz CT molecular complexity index is 919. The Morgan fingerprint density at radius 2 is 1.79 bits per heavy atom. The van der Waals surface area contributed by atoms with Gasteiger partial charge in [0.2, 0.25) is 15.9 Å². The Morgan fingerprint density at radius 1 is 1.14 bits per heavy atom. The zero-order valence-electron chi connectivity index (χ0n) is 16.0. The van der Waals surface area contributed by atoms with Crippen LogP contribution in [-0.2, 0) is 14.8 Å². The number of amides is 1. The summed E-state index contributed by atoms with van der Waals surface area (Å²) in [6.07, 6.45) is 1.15. The van der Waals surface area contributed by atoms with Crippen molar-refractivity contribution in [1.29, 1.82) is 0 Å². The summed E-state index contributed by atoms with van der Waals surface area (Å²) in [5.74, 6) is 0.0869. The van der Waals surface area contributed by atoms with Gasteiger partial charge >= 0.3 is 0 Å². The fourth-order valence-corrected chi connectivity index (χ4v) is 4.62. The first-order valence-electron chi connectivity index (χ1n) is 8.86. The lowest BCUT2D eigenvalue weighted by atomic mass is 10.2. The zero-order chi connectivity index (χ0) is 20.3. The number of morpholine rings is 1. The molecule has 1 fully saturated rings. The second-order valence-corrected chi connectivity index (χ2v) is 8.59. The molecule has 2 heterocycles. The highest BCUT2D eigenvalue weighted by Gasteiger charge is 2.32. The minimum atomic E-state index is -3.64. The molecule has 0 unspecified atom stereocenters. The molecule has 28 heavy (non-hydrogen) atoms. The van der Waals surface area contributed by atoms with Gasteiger partial charge in [0.05, 0.1) is 36.1 Å². The molecule has 1 N–H and O–H groups in total. The lowest BCUT2D eigenvalue weighted by Crippen LogP contribution is -2.48. The summed E-state index contributed by atoms with van der Waals surface area (Å²) in [4.78, 5) is 16.5. The summed E-state index contributed by atoms with van der Waals surface area (Å²) in [5.41, 5.74) is 0.859. The first-order chi connectivity index (χ1) is 13.3. The number of ether oxygens (including phenoxy) is 2. The maximum atomic E-state index is 12.9. The Balaban J connectivity index is 1.72. The molecule has 1 aromatic heterocycles. The van der Waals surface area contributed by atoms with E-state index in [0.717, 1.165) is 0 Å². The number of sulfonamides is 1. The van der Waals surface area contributed by atoms with E-state index in [1.165, 1.54) is 41.9 Å². The van der Waals surface area contributed by atoms with Crippen LogP contribution in [0.25, 0.3) is 0 Å². The van der Waals surface area contributed by atoms with Gasteiger partial charge in [0, 0.05) is 24.7 Å². The average Bonchev–Trinajstić information content (AvgIpc) is 2.68. The third-order valence-corrected chi connectivity index (χ3v) is 6.19. The van der Waals surface area contributed by atoms with Crippen molar-refractivity contribution < 1.29 is 22.7 Å². The number of carbonyl (C=O) groups is 1. The maximum absolute atomic E-state index is 12.9. The summed E-state index contributed by atoms with van der Waals surface area (Å²) in [6, 6.07) is 9.18. The molecule has 0 spiro atoms. The number of rotatable bonds is 5. The van der Waals surface area contributed by atoms with Crippen molar-refractivity contribution in [3.05, 3.63) is 48.2 Å². The number of pyridine rings is 1. The summed E-state index contributed by atoms with van der Waals surface area (Å²) in [5, 5.41) is 2.71. The van der Waals surface area contributed by atoms with Crippen molar-refractivity contribution in [1.82, 2.24) is 9.29 Å². The second kappa shape index (κ2) is 8.26. The van der Waals surface area contributed by atoms with Gasteiger partial charge in [-0.25, -0.2) is 13.4 Å². The van der Waals surface area contributed by atoms with Crippen molar-refractivity contribution in [2.75, 3.05) is 25.5 Å². The molecule has 1 aliphatic heterocycles. The van der Waals surface area contributed by atoms with Crippen molar-refractivity contribution in [3.63, 3.8) is 0 Å². The Kier molecular flexibility index (Phi) is 5.97. The molecule has 2 atom stereocenters. The van der Waals surface area contributed by atoms with Gasteiger partial charge < -0.3 is 14.8 Å². The van der Waals surface area contributed by atoms with E-state index in [0.29, 0.717) is 30.2 Å². The van der Waals surface area contributed by atoms with E-state index < -0.39 is 10.0 Å². The monoisotopic (exact) mass is 405 g/mol. The highest BCUT2D eigenvalue weighted by Crippen LogP contribution is 2.22. The van der Waals surface area contributed by atoms with Crippen molar-refractivity contribution in [2.45, 2.75) is 31.0 Å². The smallest absolute Gasteiger partial charge is 0.255 e. The minimum absolute atomic E-state index is 0.150. The van der Waals surface area contributed by atoms with Crippen molar-refractivity contribution in [2.24, 2.45) is 0 Å². The van der Waals surface area contributed by atoms with Gasteiger partial charge in [0.15, 0.2) is 0 Å². The van der Waals surface area contributed by atoms with Crippen LogP contribution in [0.4, 0.5) is 5.69 Å². The minimum Gasteiger partial charge on any atom is -0.481 e. The number of anilines is 1. The third kappa shape index (κ3) is 4.49. The number of methoxy groups -OCH3 is 1. The molecule has 1 aliphatic rings. The average molecular weight is 405 g/mol. The van der Waals surface area contributed by atoms with Gasteiger partial charge in [0.25, 0.3) is 5.91 Å². The van der Waals surface area contributed by atoms with Crippen LogP contribution in [0.15, 0.2) is 47.5 Å². The molecule has 3 rings (SSSR count). The largest absolute Gasteiger partial charge is 0.481 e. The van der Waals surface area contributed by atoms with Crippen LogP contribution in [0.5, 0.6) is 5.88 Å². The molecule has 8 nitrogen and oxygen atoms in total. The predicted octanol–water partition coefficient (Wildman–Crippen LogP) is 2.14. The first-order valence-corrected chi connectivity index (χ1v) is 10.3. The van der Waals surface area contributed by atoms with Crippen molar-refractivity contribution >= 4 is 21.6 Å². The van der Waals surface area contributed by atoms with Crippen molar-refractivity contribution in [3.8, 4) is 5.88 Å². The summed E-state index contributed by atoms with van der Waals surface area (Å²) in [6.45, 7) is 4.30. The highest BCUT2D eigenvalue weighted by atomic mass is 32.2. The molecular formula is C19H23N3O5S. The topological polar surface area (TPSA) is 97.8 Å². The van der Waals surface area contributed by atoms with E-state index in [1.807, 2.05) is 13.8 Å². The third-order valence-electron chi connectivity index (χ3n) is 4.34. The SMILES string of the molecule is COc1ccc(NC(=O)c2ccc(S(=O)(=O)N3C[C@@H](C)O[C@@H](C)C3)cc2)cn1. The van der Waals surface area contributed by atoms with Gasteiger partial charge in [-0.2, -0.15) is 4.31 Å². The Hall–Kier alpha value is -2.49. The predicted molar refractivity (Wildman–Crippen MR) is 104 cm³/mol. The molecule has 0 bridgehead atoms. The second-order valence-electron chi connectivity index (χ2n) is 6.65. The van der Waals surface area contributed by atoms with Gasteiger partial charge in [-0.1, -0.05) is 0 Å². The van der Waals surface area contributed by atoms with Crippen LogP contribution in [0.2, 0.25) is 0 Å². The van der Waals surface area contributed by atoms with Crippen LogP contribution < -0.4 is 10.1 Å². The van der Waals surface area contributed by atoms with Gasteiger partial charge in [0.1, 0.15) is 0 Å². The lowest BCUT2D eigenvalue weighted by molar-refractivity contribution is -0.0440. The molecule has 0 radical (unpaired) electrons. The summed E-state index contributed by atoms with van der Waals surface area (Å²) < 4.78 is 37.7. The standard InChI is InChI=1S/C19H23N3O5S/c1-13-11-22(12-14(2)27-13)28(24,25)17-7-4-15(5-8-17)19(23)21-16-6-9-18(26-3)20-10-16/h4-10,13-14H,11-12H2,1-3H3,(H,21,23)/t13-,14+. The molecule has 0 saturated carbocycles. The van der Waals surface area contributed by atoms with Gasteiger partial charge in [-0.05, 0) is 44.2 Å². The zero-order valence-corrected chi connectivity index (χ0v) is 16.8. The maximum Gasteiger partial charge on any atom is 0.255 e. The van der Waals surface area contributed by atoms with E-state index in [9.17, 15) is 13.2 Å². The van der Waals surface area contributed by atoms with Crippen LogP contribution >= 0.6 is 0 Å². The summed E-state index contributed by atoms with van der Waals surface area (Å²) in [7, 11) is -2.13. The quantitative estimate of drug-likeness (QED) is 0.818. The van der Waals surface area contributed by atoms with Crippen LogP contribution in [0.3, 0.4) is 0 Å². The number of carbonyl (C=O) groups excluding carboxylic acids is 1. The van der Waals surface area contributed by atoms with E-state index in [2.05, 4.69) is 10.3 Å². The molecule has 1 amide bonds. The Labute approximate surface area is 164 Å².